The van der Waals surface area contributed by atoms with Gasteiger partial charge in [-0.05, 0) is 24.7 Å². The van der Waals surface area contributed by atoms with Gasteiger partial charge >= 0.3 is 0 Å². The smallest absolute Gasteiger partial charge is 0.225 e. The van der Waals surface area contributed by atoms with Gasteiger partial charge in [0.15, 0.2) is 0 Å². The minimum absolute atomic E-state index is 0.0266. The molecule has 0 aromatic heterocycles. The average Bonchev–Trinajstić information content (AvgIpc) is 3.10. The molecule has 20 heavy (non-hydrogen) atoms. The van der Waals surface area contributed by atoms with Gasteiger partial charge in [0.25, 0.3) is 0 Å². The number of aliphatic hydroxyl groups excluding tert-OH is 1. The van der Waals surface area contributed by atoms with Gasteiger partial charge in [-0.2, -0.15) is 0 Å². The molecule has 6 nitrogen and oxygen atoms in total. The van der Waals surface area contributed by atoms with Crippen LogP contribution in [-0.4, -0.2) is 61.8 Å². The Morgan fingerprint density at radius 2 is 2.30 bits per heavy atom. The summed E-state index contributed by atoms with van der Waals surface area (Å²) < 4.78 is 4.96. The lowest BCUT2D eigenvalue weighted by molar-refractivity contribution is -0.129. The third-order valence-corrected chi connectivity index (χ3v) is 4.39. The van der Waals surface area contributed by atoms with Crippen molar-refractivity contribution in [3.63, 3.8) is 0 Å². The molecule has 1 unspecified atom stereocenters. The van der Waals surface area contributed by atoms with E-state index in [1.165, 1.54) is 0 Å². The summed E-state index contributed by atoms with van der Waals surface area (Å²) in [6.45, 7) is 2.33. The van der Waals surface area contributed by atoms with E-state index in [2.05, 4.69) is 5.32 Å². The number of aliphatic hydroxyl groups is 1. The van der Waals surface area contributed by atoms with Crippen molar-refractivity contribution in [2.24, 2.45) is 11.3 Å². The van der Waals surface area contributed by atoms with Crippen molar-refractivity contribution >= 4 is 11.8 Å². The van der Waals surface area contributed by atoms with Crippen LogP contribution >= 0.6 is 0 Å². The zero-order valence-corrected chi connectivity index (χ0v) is 12.1. The first kappa shape index (κ1) is 15.3. The molecule has 2 N–H and O–H groups in total. The van der Waals surface area contributed by atoms with E-state index in [9.17, 15) is 9.59 Å². The van der Waals surface area contributed by atoms with Crippen molar-refractivity contribution in [3.05, 3.63) is 0 Å². The topological polar surface area (TPSA) is 78.9 Å². The summed E-state index contributed by atoms with van der Waals surface area (Å²) in [6, 6.07) is 0. The van der Waals surface area contributed by atoms with Crippen molar-refractivity contribution in [1.82, 2.24) is 10.2 Å². The second-order valence-corrected chi connectivity index (χ2v) is 5.93. The van der Waals surface area contributed by atoms with Gasteiger partial charge in [0.05, 0.1) is 12.5 Å². The first-order valence-electron chi connectivity index (χ1n) is 7.25. The van der Waals surface area contributed by atoms with Crippen LogP contribution in [-0.2, 0) is 14.3 Å². The fourth-order valence-electron chi connectivity index (χ4n) is 2.71. The lowest BCUT2D eigenvalue weighted by atomic mass is 10.0. The van der Waals surface area contributed by atoms with Gasteiger partial charge < -0.3 is 20.1 Å². The summed E-state index contributed by atoms with van der Waals surface area (Å²) >= 11 is 0. The normalized spacial score (nSPS) is 24.0. The maximum atomic E-state index is 12.1. The molecule has 0 bridgehead atoms. The van der Waals surface area contributed by atoms with Crippen LogP contribution in [0, 0.1) is 11.3 Å². The maximum Gasteiger partial charge on any atom is 0.225 e. The van der Waals surface area contributed by atoms with Gasteiger partial charge in [-0.3, -0.25) is 9.59 Å². The zero-order chi connectivity index (χ0) is 14.6. The van der Waals surface area contributed by atoms with Crippen LogP contribution in [0.3, 0.4) is 0 Å². The lowest BCUT2D eigenvalue weighted by Crippen LogP contribution is -2.37. The molecule has 1 saturated carbocycles. The third kappa shape index (κ3) is 3.70. The van der Waals surface area contributed by atoms with Crippen LogP contribution in [0.2, 0.25) is 0 Å². The molecular weight excluding hydrogens is 260 g/mol. The molecule has 1 aliphatic carbocycles. The number of amides is 2. The number of nitrogens with zero attached hydrogens (tertiary/aromatic N) is 1. The summed E-state index contributed by atoms with van der Waals surface area (Å²) in [5.41, 5.74) is 0.114. The minimum Gasteiger partial charge on any atom is -0.396 e. The van der Waals surface area contributed by atoms with E-state index in [1.807, 2.05) is 0 Å². The maximum absolute atomic E-state index is 12.1. The predicted molar refractivity (Wildman–Crippen MR) is 72.9 cm³/mol. The van der Waals surface area contributed by atoms with Crippen LogP contribution in [0.15, 0.2) is 0 Å². The van der Waals surface area contributed by atoms with E-state index in [0.29, 0.717) is 32.7 Å². The van der Waals surface area contributed by atoms with Gasteiger partial charge in [0, 0.05) is 39.8 Å². The molecule has 2 aliphatic rings. The minimum atomic E-state index is -0.246. The highest BCUT2D eigenvalue weighted by molar-refractivity contribution is 5.89. The van der Waals surface area contributed by atoms with Crippen LogP contribution in [0.5, 0.6) is 0 Å². The first-order chi connectivity index (χ1) is 9.60. The van der Waals surface area contributed by atoms with Crippen molar-refractivity contribution in [3.8, 4) is 0 Å². The van der Waals surface area contributed by atoms with Crippen LogP contribution in [0.25, 0.3) is 0 Å². The molecule has 1 aliphatic heterocycles. The highest BCUT2D eigenvalue weighted by Gasteiger charge is 2.43. The van der Waals surface area contributed by atoms with E-state index < -0.39 is 0 Å². The summed E-state index contributed by atoms with van der Waals surface area (Å²) in [7, 11) is 1.60. The fraction of sp³-hybridized carbons (Fsp3) is 0.857. The van der Waals surface area contributed by atoms with E-state index >= 15 is 0 Å². The molecule has 0 spiro atoms. The zero-order valence-electron chi connectivity index (χ0n) is 12.1. The quantitative estimate of drug-likeness (QED) is 0.645. The van der Waals surface area contributed by atoms with Gasteiger partial charge in [0.1, 0.15) is 0 Å². The molecule has 2 rings (SSSR count). The number of carbonyl (C=O) groups is 2. The standard InChI is InChI=1S/C14H24N2O4/c1-20-7-5-16-9-11(8-12(16)18)13(19)15-10-14(2-3-14)4-6-17/h11,17H,2-10H2,1H3,(H,15,19). The summed E-state index contributed by atoms with van der Waals surface area (Å²) in [6.07, 6.45) is 3.17. The molecule has 1 saturated heterocycles. The van der Waals surface area contributed by atoms with Crippen LogP contribution in [0.4, 0.5) is 0 Å². The van der Waals surface area contributed by atoms with Crippen molar-refractivity contribution in [2.45, 2.75) is 25.7 Å². The summed E-state index contributed by atoms with van der Waals surface area (Å²) in [5.74, 6) is -0.259. The number of methoxy groups -OCH3 is 1. The van der Waals surface area contributed by atoms with Crippen molar-refractivity contribution in [1.29, 1.82) is 0 Å². The monoisotopic (exact) mass is 284 g/mol. The van der Waals surface area contributed by atoms with E-state index in [-0.39, 0.29) is 29.8 Å². The molecular formula is C14H24N2O4. The predicted octanol–water partition coefficient (Wildman–Crippen LogP) is -0.240. The summed E-state index contributed by atoms with van der Waals surface area (Å²) in [5, 5.41) is 11.9. The van der Waals surface area contributed by atoms with Gasteiger partial charge in [-0.15, -0.1) is 0 Å². The molecule has 2 fully saturated rings. The van der Waals surface area contributed by atoms with Crippen LogP contribution in [0.1, 0.15) is 25.7 Å². The number of likely N-dealkylation sites (tertiary alicyclic amines) is 1. The molecule has 0 radical (unpaired) electrons. The van der Waals surface area contributed by atoms with E-state index in [4.69, 9.17) is 9.84 Å². The summed E-state index contributed by atoms with van der Waals surface area (Å²) in [4.78, 5) is 25.6. The number of rotatable bonds is 8. The largest absolute Gasteiger partial charge is 0.396 e. The Labute approximate surface area is 119 Å². The van der Waals surface area contributed by atoms with E-state index in [1.54, 1.807) is 12.0 Å². The average molecular weight is 284 g/mol. The molecule has 0 aromatic carbocycles. The Hall–Kier alpha value is -1.14. The molecule has 6 heteroatoms. The van der Waals surface area contributed by atoms with Gasteiger partial charge in [-0.25, -0.2) is 0 Å². The number of hydrogen-bond donors (Lipinski definition) is 2. The Morgan fingerprint density at radius 3 is 2.90 bits per heavy atom. The number of nitrogens with one attached hydrogen (secondary N) is 1. The molecule has 0 aromatic rings. The number of hydrogen-bond acceptors (Lipinski definition) is 4. The lowest BCUT2D eigenvalue weighted by Gasteiger charge is -2.18. The fourth-order valence-corrected chi connectivity index (χ4v) is 2.71. The van der Waals surface area contributed by atoms with Crippen LogP contribution < -0.4 is 5.32 Å². The second-order valence-electron chi connectivity index (χ2n) is 5.93. The molecule has 2 amide bonds. The Morgan fingerprint density at radius 1 is 1.55 bits per heavy atom. The third-order valence-electron chi connectivity index (χ3n) is 4.39. The highest BCUT2D eigenvalue weighted by atomic mass is 16.5. The molecule has 1 atom stereocenters. The Kier molecular flexibility index (Phi) is 4.99. The van der Waals surface area contributed by atoms with Gasteiger partial charge in [0.2, 0.25) is 11.8 Å². The van der Waals surface area contributed by atoms with Crippen molar-refractivity contribution in [2.75, 3.05) is 40.0 Å². The highest BCUT2D eigenvalue weighted by Crippen LogP contribution is 2.47. The van der Waals surface area contributed by atoms with Crippen molar-refractivity contribution < 1.29 is 19.4 Å². The molecule has 114 valence electrons. The first-order valence-corrected chi connectivity index (χ1v) is 7.25. The second kappa shape index (κ2) is 6.54. The number of carbonyl (C=O) groups excluding carboxylic acids is 2. The van der Waals surface area contributed by atoms with E-state index in [0.717, 1.165) is 19.3 Å². The Balaban J connectivity index is 1.75. The van der Waals surface area contributed by atoms with Gasteiger partial charge in [-0.1, -0.05) is 0 Å². The number of ether oxygens (including phenoxy) is 1. The molecule has 1 heterocycles. The SMILES string of the molecule is COCCN1CC(C(=O)NCC2(CCO)CC2)CC1=O. The Bertz CT molecular complexity index is 368.